The fraction of sp³-hybridized carbons (Fsp3) is 0.100. The second-order valence-corrected chi connectivity index (χ2v) is 6.45. The van der Waals surface area contributed by atoms with E-state index in [9.17, 15) is 22.4 Å². The van der Waals surface area contributed by atoms with Crippen LogP contribution in [0.1, 0.15) is 21.6 Å². The Labute approximate surface area is 167 Å². The molecule has 1 N–H and O–H groups in total. The lowest BCUT2D eigenvalue weighted by molar-refractivity contribution is -0.136. The number of hydrogen-bond acceptors (Lipinski definition) is 4. The van der Waals surface area contributed by atoms with Crippen molar-refractivity contribution in [2.75, 3.05) is 5.43 Å². The van der Waals surface area contributed by atoms with Gasteiger partial charge in [0.25, 0.3) is 5.91 Å². The first kappa shape index (κ1) is 19.5. The molecule has 0 unspecified atom stereocenters. The number of nitrogens with one attached hydrogen (secondary N) is 1. The van der Waals surface area contributed by atoms with Gasteiger partial charge >= 0.3 is 6.18 Å². The topological polar surface area (TPSA) is 72.7 Å². The third-order valence-corrected chi connectivity index (χ3v) is 4.44. The lowest BCUT2D eigenvalue weighted by Crippen LogP contribution is -2.23. The van der Waals surface area contributed by atoms with Gasteiger partial charge in [0.15, 0.2) is 5.82 Å². The van der Waals surface area contributed by atoms with Crippen molar-refractivity contribution >= 4 is 16.8 Å². The maximum absolute atomic E-state index is 13.4. The molecule has 3 heterocycles. The highest BCUT2D eigenvalue weighted by Gasteiger charge is 2.35. The van der Waals surface area contributed by atoms with Crippen molar-refractivity contribution in [3.63, 3.8) is 0 Å². The van der Waals surface area contributed by atoms with E-state index in [-0.39, 0.29) is 28.0 Å². The normalized spacial score (nSPS) is 11.6. The minimum atomic E-state index is -4.60. The Hall–Kier alpha value is -3.82. The maximum Gasteiger partial charge on any atom is 0.418 e. The summed E-state index contributed by atoms with van der Waals surface area (Å²) in [5.41, 5.74) is 2.38. The Morgan fingerprint density at radius 2 is 1.97 bits per heavy atom. The van der Waals surface area contributed by atoms with Crippen molar-refractivity contribution in [1.29, 1.82) is 0 Å². The molecule has 0 aliphatic heterocycles. The van der Waals surface area contributed by atoms with Crippen LogP contribution in [0.25, 0.3) is 22.3 Å². The largest absolute Gasteiger partial charge is 0.418 e. The molecule has 0 aliphatic rings. The fourth-order valence-electron chi connectivity index (χ4n) is 3.02. The predicted octanol–water partition coefficient (Wildman–Crippen LogP) is 4.34. The molecular formula is C20H13F4N5O. The van der Waals surface area contributed by atoms with Gasteiger partial charge in [-0.3, -0.25) is 19.9 Å². The van der Waals surface area contributed by atoms with Gasteiger partial charge in [0, 0.05) is 29.5 Å². The van der Waals surface area contributed by atoms with Crippen LogP contribution in [-0.2, 0) is 6.18 Å². The molecule has 0 aliphatic carbocycles. The van der Waals surface area contributed by atoms with E-state index in [4.69, 9.17) is 0 Å². The summed E-state index contributed by atoms with van der Waals surface area (Å²) in [4.78, 5) is 24.8. The first-order chi connectivity index (χ1) is 14.2. The first-order valence-corrected chi connectivity index (χ1v) is 8.67. The number of halogens is 4. The van der Waals surface area contributed by atoms with Crippen LogP contribution in [0.5, 0.6) is 0 Å². The van der Waals surface area contributed by atoms with E-state index in [1.165, 1.54) is 42.9 Å². The summed E-state index contributed by atoms with van der Waals surface area (Å²) in [7, 11) is 0. The Balaban J connectivity index is 1.67. The van der Waals surface area contributed by atoms with Crippen molar-refractivity contribution < 1.29 is 22.4 Å². The Morgan fingerprint density at radius 3 is 2.67 bits per heavy atom. The van der Waals surface area contributed by atoms with Crippen LogP contribution in [-0.4, -0.2) is 25.5 Å². The van der Waals surface area contributed by atoms with E-state index in [0.29, 0.717) is 5.56 Å². The molecule has 1 amide bonds. The van der Waals surface area contributed by atoms with Gasteiger partial charge in [-0.05, 0) is 25.1 Å². The van der Waals surface area contributed by atoms with E-state index in [2.05, 4.69) is 20.4 Å². The molecule has 4 aromatic rings. The number of amides is 1. The summed E-state index contributed by atoms with van der Waals surface area (Å²) in [5, 5.41) is -0.0905. The zero-order valence-electron chi connectivity index (χ0n) is 15.4. The third kappa shape index (κ3) is 3.59. The van der Waals surface area contributed by atoms with Crippen LogP contribution in [0.15, 0.2) is 55.1 Å². The van der Waals surface area contributed by atoms with Gasteiger partial charge in [-0.2, -0.15) is 13.2 Å². The van der Waals surface area contributed by atoms with Gasteiger partial charge in [-0.1, -0.05) is 12.1 Å². The average molecular weight is 415 g/mol. The van der Waals surface area contributed by atoms with Gasteiger partial charge in [0.1, 0.15) is 5.82 Å². The SMILES string of the molecule is Cc1nc(-c2cccc(F)c2)ncc1C(=O)Nn1cc(C(F)(F)F)c2ccncc21. The van der Waals surface area contributed by atoms with Gasteiger partial charge in [0.2, 0.25) is 0 Å². The first-order valence-electron chi connectivity index (χ1n) is 8.67. The summed E-state index contributed by atoms with van der Waals surface area (Å²) >= 11 is 0. The highest BCUT2D eigenvalue weighted by molar-refractivity contribution is 6.01. The number of alkyl halides is 3. The van der Waals surface area contributed by atoms with Crippen LogP contribution in [0.2, 0.25) is 0 Å². The van der Waals surface area contributed by atoms with Gasteiger partial charge < -0.3 is 0 Å². The molecule has 0 spiro atoms. The minimum absolute atomic E-state index is 0.0643. The summed E-state index contributed by atoms with van der Waals surface area (Å²) in [6.45, 7) is 1.55. The van der Waals surface area contributed by atoms with Crippen molar-refractivity contribution in [2.24, 2.45) is 0 Å². The molecule has 0 fully saturated rings. The predicted molar refractivity (Wildman–Crippen MR) is 101 cm³/mol. The highest BCUT2D eigenvalue weighted by atomic mass is 19.4. The van der Waals surface area contributed by atoms with Crippen molar-refractivity contribution in [3.05, 3.63) is 77.8 Å². The molecule has 4 rings (SSSR count). The van der Waals surface area contributed by atoms with Crippen LogP contribution in [0.3, 0.4) is 0 Å². The number of benzene rings is 1. The van der Waals surface area contributed by atoms with Crippen LogP contribution < -0.4 is 5.43 Å². The summed E-state index contributed by atoms with van der Waals surface area (Å²) in [6, 6.07) is 6.89. The second kappa shape index (κ2) is 7.21. The number of aromatic nitrogens is 4. The average Bonchev–Trinajstić information content (AvgIpc) is 3.07. The van der Waals surface area contributed by atoms with Crippen LogP contribution >= 0.6 is 0 Å². The number of hydrogen-bond donors (Lipinski definition) is 1. The molecular weight excluding hydrogens is 402 g/mol. The molecule has 0 bridgehead atoms. The quantitative estimate of drug-likeness (QED) is 0.505. The highest BCUT2D eigenvalue weighted by Crippen LogP contribution is 2.35. The molecule has 1 aromatic carbocycles. The van der Waals surface area contributed by atoms with E-state index in [1.54, 1.807) is 13.0 Å². The third-order valence-electron chi connectivity index (χ3n) is 4.44. The Morgan fingerprint density at radius 1 is 1.17 bits per heavy atom. The molecule has 0 atom stereocenters. The molecule has 10 heteroatoms. The molecule has 0 saturated carbocycles. The van der Waals surface area contributed by atoms with E-state index in [1.807, 2.05) is 0 Å². The van der Waals surface area contributed by atoms with Gasteiger partial charge in [-0.25, -0.2) is 14.4 Å². The van der Waals surface area contributed by atoms with Crippen molar-refractivity contribution in [1.82, 2.24) is 19.6 Å². The van der Waals surface area contributed by atoms with Crippen molar-refractivity contribution in [3.8, 4) is 11.4 Å². The maximum atomic E-state index is 13.4. The van der Waals surface area contributed by atoms with Crippen molar-refractivity contribution in [2.45, 2.75) is 13.1 Å². The van der Waals surface area contributed by atoms with E-state index in [0.717, 1.165) is 10.9 Å². The summed E-state index contributed by atoms with van der Waals surface area (Å²) < 4.78 is 54.3. The lowest BCUT2D eigenvalue weighted by Gasteiger charge is -2.10. The zero-order valence-corrected chi connectivity index (χ0v) is 15.4. The fourth-order valence-corrected chi connectivity index (χ4v) is 3.02. The van der Waals surface area contributed by atoms with Crippen LogP contribution in [0, 0.1) is 12.7 Å². The monoisotopic (exact) mass is 415 g/mol. The van der Waals surface area contributed by atoms with Crippen LogP contribution in [0.4, 0.5) is 17.6 Å². The number of aryl methyl sites for hydroxylation is 1. The smallest absolute Gasteiger partial charge is 0.267 e. The van der Waals surface area contributed by atoms with E-state index < -0.39 is 23.5 Å². The minimum Gasteiger partial charge on any atom is -0.267 e. The lowest BCUT2D eigenvalue weighted by atomic mass is 10.2. The standard InChI is InChI=1S/C20H13F4N5O/c1-11-15(8-26-18(27-11)12-3-2-4-13(21)7-12)19(30)28-29-10-16(20(22,23)24)14-5-6-25-9-17(14)29/h2-10H,1H3,(H,28,30). The van der Waals surface area contributed by atoms with Gasteiger partial charge in [0.05, 0.1) is 28.5 Å². The molecule has 3 aromatic heterocycles. The summed E-state index contributed by atoms with van der Waals surface area (Å²) in [5.74, 6) is -0.935. The second-order valence-electron chi connectivity index (χ2n) is 6.45. The number of rotatable bonds is 3. The zero-order chi connectivity index (χ0) is 21.5. The summed E-state index contributed by atoms with van der Waals surface area (Å²) in [6.07, 6.45) is -0.0938. The molecule has 0 saturated heterocycles. The molecule has 0 radical (unpaired) electrons. The molecule has 30 heavy (non-hydrogen) atoms. The number of carbonyl (C=O) groups excluding carboxylic acids is 1. The number of carbonyl (C=O) groups is 1. The molecule has 6 nitrogen and oxygen atoms in total. The Kier molecular flexibility index (Phi) is 4.69. The number of pyridine rings is 1. The van der Waals surface area contributed by atoms with E-state index >= 15 is 0 Å². The number of fused-ring (bicyclic) bond motifs is 1. The molecule has 152 valence electrons. The number of nitrogens with zero attached hydrogens (tertiary/aromatic N) is 4. The van der Waals surface area contributed by atoms with Gasteiger partial charge in [-0.15, -0.1) is 0 Å². The Bertz CT molecular complexity index is 1270.